The van der Waals surface area contributed by atoms with E-state index in [1.807, 2.05) is 169 Å². The van der Waals surface area contributed by atoms with Crippen LogP contribution < -0.4 is 22.8 Å². The summed E-state index contributed by atoms with van der Waals surface area (Å²) in [5.41, 5.74) is 43.7. The van der Waals surface area contributed by atoms with Crippen LogP contribution in [0.3, 0.4) is 0 Å². The third-order valence-corrected chi connectivity index (χ3v) is 28.6. The first-order valence-electron chi connectivity index (χ1n) is 48.7. The minimum Gasteiger partial charge on any atom is -0.205 e. The molecular formula is C121H131FN5+5. The predicted molar refractivity (Wildman–Crippen MR) is 528 cm³/mol. The van der Waals surface area contributed by atoms with Gasteiger partial charge in [-0.15, -0.1) is 0 Å². The smallest absolute Gasteiger partial charge is 0.205 e. The van der Waals surface area contributed by atoms with Gasteiger partial charge in [0.1, 0.15) is 41.1 Å². The second kappa shape index (κ2) is 33.6. The zero-order valence-electron chi connectivity index (χ0n) is 86.7. The molecule has 127 heavy (non-hydrogen) atoms. The maximum absolute atomic E-state index is 15.7. The first kappa shape index (κ1) is 79.5. The van der Waals surface area contributed by atoms with Crippen molar-refractivity contribution in [2.75, 3.05) is 0 Å². The zero-order valence-corrected chi connectivity index (χ0v) is 79.7. The summed E-state index contributed by atoms with van der Waals surface area (Å²) < 4.78 is 87.2. The summed E-state index contributed by atoms with van der Waals surface area (Å²) in [5, 5.41) is 0. The number of hydrogen-bond donors (Lipinski definition) is 0. The molecule has 1 unspecified atom stereocenters. The Bertz CT molecular complexity index is 7250. The van der Waals surface area contributed by atoms with Crippen molar-refractivity contribution in [2.45, 2.75) is 197 Å². The first-order chi connectivity index (χ1) is 63.0. The van der Waals surface area contributed by atoms with Crippen molar-refractivity contribution in [3.8, 4) is 112 Å². The van der Waals surface area contributed by atoms with Crippen LogP contribution in [-0.2, 0) is 68.7 Å². The summed E-state index contributed by atoms with van der Waals surface area (Å²) in [6.07, 6.45) is 8.73. The van der Waals surface area contributed by atoms with Gasteiger partial charge in [-0.05, 0) is 264 Å². The average molecular weight is 1680 g/mol. The minimum absolute atomic E-state index is 0.0475. The molecule has 5 aromatic heterocycles. The van der Waals surface area contributed by atoms with Gasteiger partial charge in [-0.2, -0.15) is 0 Å². The highest BCUT2D eigenvalue weighted by Crippen LogP contribution is 2.59. The molecule has 1 atom stereocenters. The second-order valence-electron chi connectivity index (χ2n) is 39.2. The zero-order chi connectivity index (χ0) is 96.9. The molecule has 0 bridgehead atoms. The lowest BCUT2D eigenvalue weighted by Gasteiger charge is -2.28. The third-order valence-electron chi connectivity index (χ3n) is 28.6. The largest absolute Gasteiger partial charge is 0.215 e. The monoisotopic (exact) mass is 1680 g/mol. The highest BCUT2D eigenvalue weighted by molar-refractivity contribution is 5.93. The Balaban J connectivity index is 0.000000122. The summed E-state index contributed by atoms with van der Waals surface area (Å²) in [5.74, 6) is -2.69. The van der Waals surface area contributed by atoms with Crippen molar-refractivity contribution in [2.24, 2.45) is 41.2 Å². The molecule has 0 saturated heterocycles. The maximum Gasteiger partial charge on any atom is 0.215 e. The summed E-state index contributed by atoms with van der Waals surface area (Å²) in [6, 6.07) is 84.7. The normalized spacial score (nSPS) is 16.0. The van der Waals surface area contributed by atoms with Gasteiger partial charge in [0.2, 0.25) is 28.5 Å². The fourth-order valence-electron chi connectivity index (χ4n) is 22.1. The first-order valence-corrected chi connectivity index (χ1v) is 45.2. The quantitative estimate of drug-likeness (QED) is 0.128. The van der Waals surface area contributed by atoms with Gasteiger partial charge in [-0.25, -0.2) is 27.2 Å². The molecule has 5 aliphatic carbocycles. The standard InChI is InChI=1S/C26H30N.2C25H28N.C23H24N.C22H21FN/c1-17(2)15-20-24(23-13-9-10-14-27(23)6)18(3)16-22-25(20)19-11-7-8-12-21(19)26(22,4)5;1-16(2)23-17(3)19(22-13-9-10-14-26(22)6)15-20-18-11-7-8-12-21(18)25(4,5)24(20)23;1-16(2)22-23(21-13-9-10-14-26(21)6)17(3)15-20-24(22)18-11-7-8-12-19(18)25(20,4)5;1-15-16(2)22-19(14-18(15)21-12-8-9-13-24(21)5)17-10-6-7-11-20(17)23(22,3)4;1-14-13-17-20(15-9-5-6-10-16(15)22(17,2)3)21(23)19(14)18-11-7-8-12-24(18)4/h7-14,16-17H,15H2,1-6H3;2*7-16H,1-6H3;6-14H,1-5H3;5-13H,1-4H3/q5*+1/i15D2;1D3,16D;16D;;. The lowest BCUT2D eigenvalue weighted by Crippen LogP contribution is -2.30. The van der Waals surface area contributed by atoms with Crippen LogP contribution in [0.15, 0.2) is 274 Å². The van der Waals surface area contributed by atoms with E-state index in [9.17, 15) is 2.74 Å². The molecular weight excluding hydrogens is 1540 g/mol. The lowest BCUT2D eigenvalue weighted by atomic mass is 9.75. The van der Waals surface area contributed by atoms with E-state index < -0.39 is 25.0 Å². The van der Waals surface area contributed by atoms with Crippen LogP contribution in [-0.4, -0.2) is 0 Å². The summed E-state index contributed by atoms with van der Waals surface area (Å²) in [6.45, 7) is 42.4. The summed E-state index contributed by atoms with van der Waals surface area (Å²) in [7, 11) is 10.2. The number of halogens is 1. The molecule has 15 aromatic rings. The fourth-order valence-corrected chi connectivity index (χ4v) is 22.1. The van der Waals surface area contributed by atoms with Gasteiger partial charge in [0, 0.05) is 114 Å². The Hall–Kier alpha value is -12.1. The van der Waals surface area contributed by atoms with E-state index in [0.717, 1.165) is 101 Å². The molecule has 0 N–H and O–H groups in total. The number of aromatic nitrogens is 5. The number of hydrogen-bond acceptors (Lipinski definition) is 0. The van der Waals surface area contributed by atoms with Gasteiger partial charge in [0.15, 0.2) is 31.0 Å². The van der Waals surface area contributed by atoms with Crippen LogP contribution >= 0.6 is 0 Å². The summed E-state index contributed by atoms with van der Waals surface area (Å²) >= 11 is 0. The van der Waals surface area contributed by atoms with Gasteiger partial charge in [0.25, 0.3) is 0 Å². The van der Waals surface area contributed by atoms with Crippen molar-refractivity contribution in [1.82, 2.24) is 0 Å². The second-order valence-corrected chi connectivity index (χ2v) is 39.2. The van der Waals surface area contributed by atoms with E-state index in [2.05, 4.69) is 301 Å². The maximum atomic E-state index is 15.7. The molecule has 0 amide bonds. The van der Waals surface area contributed by atoms with E-state index in [1.165, 1.54) is 113 Å². The van der Waals surface area contributed by atoms with Crippen molar-refractivity contribution < 1.29 is 36.8 Å². The van der Waals surface area contributed by atoms with Gasteiger partial charge in [-0.1, -0.05) is 250 Å². The molecule has 20 rings (SSSR count). The molecule has 0 fully saturated rings. The number of pyridine rings is 5. The molecule has 5 aliphatic rings. The van der Waals surface area contributed by atoms with E-state index in [4.69, 9.17) is 6.85 Å². The van der Waals surface area contributed by atoms with E-state index in [0.29, 0.717) is 11.1 Å². The topological polar surface area (TPSA) is 19.4 Å². The van der Waals surface area contributed by atoms with Gasteiger partial charge < -0.3 is 0 Å². The van der Waals surface area contributed by atoms with Crippen molar-refractivity contribution in [1.29, 1.82) is 0 Å². The highest BCUT2D eigenvalue weighted by Gasteiger charge is 2.45. The molecule has 0 saturated carbocycles. The number of benzene rings is 10. The van der Waals surface area contributed by atoms with Crippen molar-refractivity contribution >= 4 is 0 Å². The highest BCUT2D eigenvalue weighted by atomic mass is 19.1. The Kier molecular flexibility index (Phi) is 21.0. The Morgan fingerprint density at radius 3 is 1.02 bits per heavy atom. The Labute approximate surface area is 768 Å². The predicted octanol–water partition coefficient (Wildman–Crippen LogP) is 27.9. The van der Waals surface area contributed by atoms with Crippen LogP contribution in [0.2, 0.25) is 0 Å². The molecule has 10 aromatic carbocycles. The van der Waals surface area contributed by atoms with Crippen LogP contribution in [0.1, 0.15) is 238 Å². The number of aryl methyl sites for hydroxylation is 8. The third kappa shape index (κ3) is 14.8. The van der Waals surface area contributed by atoms with Crippen LogP contribution in [0.5, 0.6) is 0 Å². The summed E-state index contributed by atoms with van der Waals surface area (Å²) in [4.78, 5) is 0. The fraction of sp³-hybridized carbons (Fsp3) is 0.298. The minimum atomic E-state index is -2.45. The molecule has 5 heterocycles. The molecule has 642 valence electrons. The van der Waals surface area contributed by atoms with Crippen molar-refractivity contribution in [3.05, 3.63) is 385 Å². The van der Waals surface area contributed by atoms with Gasteiger partial charge in [0.05, 0.1) is 16.7 Å². The molecule has 0 spiro atoms. The number of nitrogens with zero attached hydrogens (tertiary/aromatic N) is 5. The van der Waals surface area contributed by atoms with Crippen LogP contribution in [0, 0.1) is 53.3 Å². The van der Waals surface area contributed by atoms with E-state index in [1.54, 1.807) is 0 Å². The Morgan fingerprint density at radius 1 is 0.291 bits per heavy atom. The molecule has 0 radical (unpaired) electrons. The molecule has 6 heteroatoms. The number of fused-ring (bicyclic) bond motifs is 15. The van der Waals surface area contributed by atoms with Crippen LogP contribution in [0.4, 0.5) is 4.39 Å². The van der Waals surface area contributed by atoms with Crippen LogP contribution in [0.25, 0.3) is 112 Å². The average Bonchev–Trinajstić information content (AvgIpc) is 1.44. The van der Waals surface area contributed by atoms with Crippen molar-refractivity contribution in [3.63, 3.8) is 0 Å². The SMILES string of the molecule is Cc1c(-c2cccc[n+]2C)cc2c(c1C)C(C)(C)c1ccccc1-2.Cc1cc2c(c(F)c1-c1cccc[n+]1C)-c1ccccc1C2(C)C.[2H]C(C)(C)c1c(-c2cccc[n+]2C)c(C)cc2c1-c1ccccc1C2(C)C.[2H]C([2H])([2H])C([2H])(C)c1c(C)c(-c2cccc[n+]2C)cc2c1C(C)(C)c1ccccc1-2.[2H]C([2H])(c1c(-c2cccc[n+]2C)c(C)cc2c1-c1ccccc1C2(C)C)C(C)C. The van der Waals surface area contributed by atoms with Gasteiger partial charge in [-0.3, -0.25) is 0 Å². The molecule has 0 aliphatic heterocycles. The molecule has 5 nitrogen and oxygen atoms in total. The number of rotatable bonds is 9. The Morgan fingerprint density at radius 2 is 0.606 bits per heavy atom. The van der Waals surface area contributed by atoms with E-state index >= 15 is 4.39 Å². The lowest BCUT2D eigenvalue weighted by molar-refractivity contribution is -0.660. The van der Waals surface area contributed by atoms with Gasteiger partial charge >= 0.3 is 0 Å². The van der Waals surface area contributed by atoms with E-state index in [-0.39, 0.29) is 38.8 Å².